The summed E-state index contributed by atoms with van der Waals surface area (Å²) in [4.78, 5) is 24.5. The van der Waals surface area contributed by atoms with E-state index < -0.39 is 0 Å². The van der Waals surface area contributed by atoms with Crippen LogP contribution >= 0.6 is 11.6 Å². The molecule has 5 heteroatoms. The molecule has 0 rings (SSSR count). The molecule has 0 saturated carbocycles. The number of halogens is 1. The highest BCUT2D eigenvalue weighted by molar-refractivity contribution is 6.19. The molecule has 15 heavy (non-hydrogen) atoms. The molecule has 0 spiro atoms. The zero-order chi connectivity index (χ0) is 12.0. The van der Waals surface area contributed by atoms with Gasteiger partial charge in [-0.3, -0.25) is 9.69 Å². The monoisotopic (exact) mass is 234 g/mol. The second kappa shape index (κ2) is 6.67. The Bertz CT molecular complexity index is 229. The lowest BCUT2D eigenvalue weighted by atomic mass is 10.3. The Kier molecular flexibility index (Phi) is 6.32. The Morgan fingerprint density at radius 2 is 1.80 bits per heavy atom. The Morgan fingerprint density at radius 1 is 1.27 bits per heavy atom. The number of nitrogens with zero attached hydrogens (tertiary/aromatic N) is 1. The van der Waals surface area contributed by atoms with Crippen molar-refractivity contribution in [2.45, 2.75) is 46.2 Å². The fourth-order valence-corrected chi connectivity index (χ4v) is 1.32. The van der Waals surface area contributed by atoms with E-state index in [1.54, 1.807) is 13.8 Å². The van der Waals surface area contributed by atoms with Crippen molar-refractivity contribution in [1.82, 2.24) is 10.2 Å². The number of amides is 3. The van der Waals surface area contributed by atoms with E-state index in [-0.39, 0.29) is 36.3 Å². The van der Waals surface area contributed by atoms with Gasteiger partial charge in [0.1, 0.15) is 0 Å². The van der Waals surface area contributed by atoms with Crippen LogP contribution in [0.2, 0.25) is 0 Å². The van der Waals surface area contributed by atoms with E-state index >= 15 is 0 Å². The third kappa shape index (κ3) is 5.02. The fourth-order valence-electron chi connectivity index (χ4n) is 1.15. The summed E-state index contributed by atoms with van der Waals surface area (Å²) in [5.74, 6) is -0.00468. The molecule has 0 aliphatic carbocycles. The summed E-state index contributed by atoms with van der Waals surface area (Å²) >= 11 is 5.48. The third-order valence-electron chi connectivity index (χ3n) is 1.72. The molecule has 0 fully saturated rings. The van der Waals surface area contributed by atoms with Gasteiger partial charge in [0.15, 0.2) is 0 Å². The van der Waals surface area contributed by atoms with Gasteiger partial charge in [0.05, 0.1) is 0 Å². The van der Waals surface area contributed by atoms with E-state index in [1.165, 1.54) is 4.90 Å². The van der Waals surface area contributed by atoms with Gasteiger partial charge in [-0.1, -0.05) is 0 Å². The molecule has 0 aromatic rings. The SMILES string of the molecule is CC(C)NC(=O)N(C(=O)CCCl)C(C)C. The molecule has 0 bridgehead atoms. The van der Waals surface area contributed by atoms with Crippen LogP contribution in [0.25, 0.3) is 0 Å². The highest BCUT2D eigenvalue weighted by Crippen LogP contribution is 2.04. The Hall–Kier alpha value is -0.770. The molecule has 3 amide bonds. The minimum atomic E-state index is -0.352. The van der Waals surface area contributed by atoms with Crippen molar-refractivity contribution in [3.8, 4) is 0 Å². The molecule has 88 valence electrons. The standard InChI is InChI=1S/C10H19ClN2O2/c1-7(2)12-10(15)13(8(3)4)9(14)5-6-11/h7-8H,5-6H2,1-4H3,(H,12,15). The second-order valence-electron chi connectivity index (χ2n) is 3.90. The number of carbonyl (C=O) groups excluding carboxylic acids is 2. The smallest absolute Gasteiger partial charge is 0.324 e. The molecular formula is C10H19ClN2O2. The van der Waals surface area contributed by atoms with E-state index in [1.807, 2.05) is 13.8 Å². The molecule has 0 aromatic heterocycles. The van der Waals surface area contributed by atoms with E-state index in [0.717, 1.165) is 0 Å². The maximum atomic E-state index is 11.7. The van der Waals surface area contributed by atoms with Gasteiger partial charge in [0.2, 0.25) is 5.91 Å². The van der Waals surface area contributed by atoms with Gasteiger partial charge in [0.25, 0.3) is 0 Å². The van der Waals surface area contributed by atoms with Crippen molar-refractivity contribution < 1.29 is 9.59 Å². The number of imide groups is 1. The molecule has 0 unspecified atom stereocenters. The molecule has 0 atom stereocenters. The lowest BCUT2D eigenvalue weighted by Crippen LogP contribution is -2.49. The topological polar surface area (TPSA) is 49.4 Å². The summed E-state index contributed by atoms with van der Waals surface area (Å²) < 4.78 is 0. The predicted octanol–water partition coefficient (Wildman–Crippen LogP) is 1.97. The van der Waals surface area contributed by atoms with E-state index in [9.17, 15) is 9.59 Å². The zero-order valence-corrected chi connectivity index (χ0v) is 10.5. The number of alkyl halides is 1. The zero-order valence-electron chi connectivity index (χ0n) is 9.71. The quantitative estimate of drug-likeness (QED) is 0.757. The minimum absolute atomic E-state index is 0.0163. The molecular weight excluding hydrogens is 216 g/mol. The first-order valence-corrected chi connectivity index (χ1v) is 5.62. The van der Waals surface area contributed by atoms with Crippen LogP contribution in [0, 0.1) is 0 Å². The number of hydrogen-bond acceptors (Lipinski definition) is 2. The van der Waals surface area contributed by atoms with Crippen molar-refractivity contribution in [2.24, 2.45) is 0 Å². The van der Waals surface area contributed by atoms with E-state index in [0.29, 0.717) is 0 Å². The average Bonchev–Trinajstić information content (AvgIpc) is 2.01. The largest absolute Gasteiger partial charge is 0.335 e. The van der Waals surface area contributed by atoms with Crippen LogP contribution in [0.4, 0.5) is 4.79 Å². The van der Waals surface area contributed by atoms with Crippen molar-refractivity contribution in [3.63, 3.8) is 0 Å². The van der Waals surface area contributed by atoms with Crippen LogP contribution in [0.15, 0.2) is 0 Å². The number of urea groups is 1. The van der Waals surface area contributed by atoms with Gasteiger partial charge in [-0.05, 0) is 27.7 Å². The van der Waals surface area contributed by atoms with Crippen LogP contribution in [0.3, 0.4) is 0 Å². The van der Waals surface area contributed by atoms with Gasteiger partial charge < -0.3 is 5.32 Å². The van der Waals surface area contributed by atoms with Crippen LogP contribution in [-0.4, -0.2) is 34.8 Å². The van der Waals surface area contributed by atoms with Gasteiger partial charge in [-0.15, -0.1) is 11.6 Å². The van der Waals surface area contributed by atoms with Crippen molar-refractivity contribution in [2.75, 3.05) is 5.88 Å². The van der Waals surface area contributed by atoms with Gasteiger partial charge in [0, 0.05) is 24.4 Å². The first kappa shape index (κ1) is 14.2. The Morgan fingerprint density at radius 3 is 2.13 bits per heavy atom. The molecule has 0 aliphatic heterocycles. The Balaban J connectivity index is 4.52. The summed E-state index contributed by atoms with van der Waals surface area (Å²) in [6.45, 7) is 7.29. The second-order valence-corrected chi connectivity index (χ2v) is 4.28. The normalized spacial score (nSPS) is 10.6. The summed E-state index contributed by atoms with van der Waals surface area (Å²) in [6, 6.07) is -0.489. The molecule has 0 heterocycles. The molecule has 0 aliphatic rings. The van der Waals surface area contributed by atoms with Crippen molar-refractivity contribution in [1.29, 1.82) is 0 Å². The highest BCUT2D eigenvalue weighted by Gasteiger charge is 2.23. The van der Waals surface area contributed by atoms with Gasteiger partial charge in [-0.25, -0.2) is 4.79 Å². The maximum absolute atomic E-state index is 11.7. The van der Waals surface area contributed by atoms with Gasteiger partial charge >= 0.3 is 6.03 Å². The van der Waals surface area contributed by atoms with Crippen molar-refractivity contribution in [3.05, 3.63) is 0 Å². The van der Waals surface area contributed by atoms with Crippen LogP contribution in [0.5, 0.6) is 0 Å². The third-order valence-corrected chi connectivity index (χ3v) is 1.91. The predicted molar refractivity (Wildman–Crippen MR) is 61.0 cm³/mol. The number of hydrogen-bond donors (Lipinski definition) is 1. The molecule has 0 radical (unpaired) electrons. The minimum Gasteiger partial charge on any atom is -0.335 e. The lowest BCUT2D eigenvalue weighted by Gasteiger charge is -2.25. The van der Waals surface area contributed by atoms with E-state index in [4.69, 9.17) is 11.6 Å². The molecule has 1 N–H and O–H groups in total. The maximum Gasteiger partial charge on any atom is 0.324 e. The molecule has 0 aromatic carbocycles. The number of carbonyl (C=O) groups is 2. The summed E-state index contributed by atoms with van der Waals surface area (Å²) in [7, 11) is 0. The summed E-state index contributed by atoms with van der Waals surface area (Å²) in [5.41, 5.74) is 0. The van der Waals surface area contributed by atoms with Crippen molar-refractivity contribution >= 4 is 23.5 Å². The average molecular weight is 235 g/mol. The van der Waals surface area contributed by atoms with E-state index in [2.05, 4.69) is 5.32 Å². The summed E-state index contributed by atoms with van der Waals surface area (Å²) in [6.07, 6.45) is 0.186. The summed E-state index contributed by atoms with van der Waals surface area (Å²) in [5, 5.41) is 2.69. The van der Waals surface area contributed by atoms with Crippen LogP contribution in [0.1, 0.15) is 34.1 Å². The molecule has 4 nitrogen and oxygen atoms in total. The molecule has 0 saturated heterocycles. The first-order chi connectivity index (χ1) is 6.90. The number of rotatable bonds is 4. The fraction of sp³-hybridized carbons (Fsp3) is 0.800. The van der Waals surface area contributed by atoms with Crippen LogP contribution < -0.4 is 5.32 Å². The lowest BCUT2D eigenvalue weighted by molar-refractivity contribution is -0.129. The highest BCUT2D eigenvalue weighted by atomic mass is 35.5. The number of nitrogens with one attached hydrogen (secondary N) is 1. The Labute approximate surface area is 96.0 Å². The van der Waals surface area contributed by atoms with Crippen LogP contribution in [-0.2, 0) is 4.79 Å². The first-order valence-electron chi connectivity index (χ1n) is 5.08. The van der Waals surface area contributed by atoms with Gasteiger partial charge in [-0.2, -0.15) is 0 Å².